The van der Waals surface area contributed by atoms with Gasteiger partial charge in [-0.1, -0.05) is 36.4 Å². The molecule has 5 atom stereocenters. The molecule has 3 aliphatic rings. The van der Waals surface area contributed by atoms with Gasteiger partial charge in [0.05, 0.1) is 6.04 Å². The van der Waals surface area contributed by atoms with Crippen LogP contribution in [0, 0.1) is 29.4 Å². The first kappa shape index (κ1) is 19.5. The van der Waals surface area contributed by atoms with Crippen molar-refractivity contribution in [2.75, 3.05) is 10.6 Å². The zero-order chi connectivity index (χ0) is 21.8. The van der Waals surface area contributed by atoms with Gasteiger partial charge in [-0.25, -0.2) is 8.78 Å². The third-order valence-corrected chi connectivity index (χ3v) is 7.71. The number of para-hydroxylation sites is 1. The van der Waals surface area contributed by atoms with Crippen LogP contribution < -0.4 is 10.6 Å². The number of benzene rings is 3. The number of hydrogen-bond donors (Lipinski definition) is 2. The van der Waals surface area contributed by atoms with Crippen LogP contribution in [0.4, 0.5) is 20.2 Å². The molecule has 2 N–H and O–H groups in total. The lowest BCUT2D eigenvalue weighted by Gasteiger charge is -2.43. The van der Waals surface area contributed by atoms with Crippen molar-refractivity contribution in [3.8, 4) is 0 Å². The van der Waals surface area contributed by atoms with Gasteiger partial charge in [0.2, 0.25) is 0 Å². The molecule has 3 nitrogen and oxygen atoms in total. The van der Waals surface area contributed by atoms with Crippen molar-refractivity contribution in [3.63, 3.8) is 0 Å². The highest BCUT2D eigenvalue weighted by Crippen LogP contribution is 2.63. The lowest BCUT2D eigenvalue weighted by molar-refractivity contribution is 0.102. The van der Waals surface area contributed by atoms with Crippen LogP contribution in [-0.4, -0.2) is 5.91 Å². The molecule has 0 radical (unpaired) electrons. The lowest BCUT2D eigenvalue weighted by Crippen LogP contribution is -2.35. The minimum Gasteiger partial charge on any atom is -0.378 e. The molecule has 5 heteroatoms. The zero-order valence-corrected chi connectivity index (χ0v) is 17.5. The number of carbonyl (C=O) groups excluding carboxylic acids is 1. The molecule has 2 aliphatic carbocycles. The summed E-state index contributed by atoms with van der Waals surface area (Å²) in [5.41, 5.74) is 3.54. The summed E-state index contributed by atoms with van der Waals surface area (Å²) in [5, 5.41) is 6.17. The van der Waals surface area contributed by atoms with Gasteiger partial charge in [-0.05, 0) is 84.4 Å². The summed E-state index contributed by atoms with van der Waals surface area (Å²) in [6, 6.07) is 20.0. The van der Waals surface area contributed by atoms with Crippen molar-refractivity contribution >= 4 is 17.3 Å². The number of carbonyl (C=O) groups is 1. The quantitative estimate of drug-likeness (QED) is 0.497. The molecule has 0 aromatic heterocycles. The summed E-state index contributed by atoms with van der Waals surface area (Å²) in [4.78, 5) is 12.9. The van der Waals surface area contributed by atoms with Gasteiger partial charge >= 0.3 is 0 Å². The number of amides is 1. The first-order chi connectivity index (χ1) is 15.6. The van der Waals surface area contributed by atoms with E-state index < -0.39 is 23.2 Å². The minimum atomic E-state index is -0.781. The molecule has 0 spiro atoms. The highest BCUT2D eigenvalue weighted by molar-refractivity contribution is 6.04. The molecule has 2 fully saturated rings. The molecule has 2 saturated carbocycles. The third kappa shape index (κ3) is 3.02. The van der Waals surface area contributed by atoms with Crippen LogP contribution in [0.5, 0.6) is 0 Å². The molecule has 3 aromatic rings. The van der Waals surface area contributed by atoms with E-state index in [1.54, 1.807) is 6.07 Å². The second kappa shape index (κ2) is 7.44. The predicted molar refractivity (Wildman–Crippen MR) is 121 cm³/mol. The summed E-state index contributed by atoms with van der Waals surface area (Å²) in [6.45, 7) is 0. The van der Waals surface area contributed by atoms with Crippen molar-refractivity contribution in [1.82, 2.24) is 0 Å². The van der Waals surface area contributed by atoms with E-state index >= 15 is 0 Å². The van der Waals surface area contributed by atoms with Crippen LogP contribution in [0.2, 0.25) is 0 Å². The number of hydrogen-bond acceptors (Lipinski definition) is 2. The van der Waals surface area contributed by atoms with Crippen molar-refractivity contribution < 1.29 is 13.6 Å². The Morgan fingerprint density at radius 1 is 0.906 bits per heavy atom. The molecule has 6 rings (SSSR count). The summed E-state index contributed by atoms with van der Waals surface area (Å²) in [7, 11) is 0. The Balaban J connectivity index is 1.36. The minimum absolute atomic E-state index is 0.260. The topological polar surface area (TPSA) is 41.1 Å². The summed E-state index contributed by atoms with van der Waals surface area (Å²) in [5.74, 6) is 0.134. The van der Waals surface area contributed by atoms with Gasteiger partial charge < -0.3 is 10.6 Å². The fourth-order valence-electron chi connectivity index (χ4n) is 6.42. The largest absolute Gasteiger partial charge is 0.378 e. The monoisotopic (exact) mass is 430 g/mol. The van der Waals surface area contributed by atoms with E-state index in [1.807, 2.05) is 18.2 Å². The van der Waals surface area contributed by atoms with Crippen molar-refractivity contribution in [1.29, 1.82) is 0 Å². The van der Waals surface area contributed by atoms with Gasteiger partial charge in [-0.3, -0.25) is 4.79 Å². The number of nitrogens with one attached hydrogen (secondary N) is 2. The normalized spacial score (nSPS) is 27.4. The van der Waals surface area contributed by atoms with Crippen molar-refractivity contribution in [2.45, 2.75) is 31.2 Å². The van der Waals surface area contributed by atoms with Crippen molar-refractivity contribution in [2.24, 2.45) is 17.8 Å². The van der Waals surface area contributed by atoms with E-state index in [4.69, 9.17) is 0 Å². The van der Waals surface area contributed by atoms with Gasteiger partial charge in [0.1, 0.15) is 17.3 Å². The molecule has 32 heavy (non-hydrogen) atoms. The number of anilines is 2. The van der Waals surface area contributed by atoms with Crippen LogP contribution in [-0.2, 0) is 0 Å². The Morgan fingerprint density at radius 3 is 2.44 bits per heavy atom. The Kier molecular flexibility index (Phi) is 4.53. The van der Waals surface area contributed by atoms with Crippen LogP contribution in [0.3, 0.4) is 0 Å². The van der Waals surface area contributed by atoms with Gasteiger partial charge in [0, 0.05) is 11.3 Å². The maximum absolute atomic E-state index is 14.0. The molecule has 0 unspecified atom stereocenters. The third-order valence-electron chi connectivity index (χ3n) is 7.71. The fraction of sp³-hybridized carbons (Fsp3) is 0.296. The smallest absolute Gasteiger partial charge is 0.255 e. The van der Waals surface area contributed by atoms with Gasteiger partial charge in [-0.2, -0.15) is 0 Å². The molecule has 1 aliphatic heterocycles. The first-order valence-electron chi connectivity index (χ1n) is 11.3. The van der Waals surface area contributed by atoms with Crippen LogP contribution >= 0.6 is 0 Å². The van der Waals surface area contributed by atoms with E-state index in [-0.39, 0.29) is 6.04 Å². The second-order valence-electron chi connectivity index (χ2n) is 9.32. The highest BCUT2D eigenvalue weighted by Gasteiger charge is 2.53. The molecule has 1 amide bonds. The van der Waals surface area contributed by atoms with E-state index in [9.17, 15) is 13.6 Å². The zero-order valence-electron chi connectivity index (χ0n) is 17.5. The van der Waals surface area contributed by atoms with Gasteiger partial charge in [0.25, 0.3) is 5.91 Å². The Bertz CT molecular complexity index is 1180. The Morgan fingerprint density at radius 2 is 1.66 bits per heavy atom. The highest BCUT2D eigenvalue weighted by atomic mass is 19.1. The van der Waals surface area contributed by atoms with E-state index in [0.717, 1.165) is 23.4 Å². The second-order valence-corrected chi connectivity index (χ2v) is 9.32. The van der Waals surface area contributed by atoms with Crippen LogP contribution in [0.1, 0.15) is 52.7 Å². The van der Waals surface area contributed by atoms with Gasteiger partial charge in [0.15, 0.2) is 0 Å². The van der Waals surface area contributed by atoms with E-state index in [1.165, 1.54) is 30.9 Å². The summed E-state index contributed by atoms with van der Waals surface area (Å²) in [6.07, 6.45) is 3.72. The molecule has 1 heterocycles. The maximum Gasteiger partial charge on any atom is 0.255 e. The first-order valence-corrected chi connectivity index (χ1v) is 11.3. The molecule has 162 valence electrons. The van der Waals surface area contributed by atoms with E-state index in [2.05, 4.69) is 34.9 Å². The molecule has 2 bridgehead atoms. The van der Waals surface area contributed by atoms with Crippen molar-refractivity contribution in [3.05, 3.63) is 95.1 Å². The van der Waals surface area contributed by atoms with E-state index in [0.29, 0.717) is 29.2 Å². The summed E-state index contributed by atoms with van der Waals surface area (Å²) < 4.78 is 28.0. The molecular formula is C27H24F2N2O. The average Bonchev–Trinajstić information content (AvgIpc) is 3.44. The number of rotatable bonds is 3. The van der Waals surface area contributed by atoms with Crippen LogP contribution in [0.15, 0.2) is 66.7 Å². The van der Waals surface area contributed by atoms with Crippen LogP contribution in [0.25, 0.3) is 0 Å². The summed E-state index contributed by atoms with van der Waals surface area (Å²) >= 11 is 0. The molecular weight excluding hydrogens is 406 g/mol. The fourth-order valence-corrected chi connectivity index (χ4v) is 6.42. The molecule has 0 saturated heterocycles. The Hall–Kier alpha value is -3.21. The standard InChI is InChI=1S/C27H24F2N2O/c28-20-7-4-8-21(29)26(20)31-27(32)18-11-12-22-19(14-18)23-16-9-10-17(13-16)24(23)25(30-22)15-5-2-1-3-6-15/h1-8,11-12,14,16-17,23-25,30H,9-10,13H2,(H,31,32)/t16-,17-,23-,24-,25+/m0/s1. The van der Waals surface area contributed by atoms with Gasteiger partial charge in [-0.15, -0.1) is 0 Å². The predicted octanol–water partition coefficient (Wildman–Crippen LogP) is 6.51. The lowest BCUT2D eigenvalue weighted by atomic mass is 9.68. The maximum atomic E-state index is 14.0. The Labute approximate surface area is 185 Å². The molecule has 3 aromatic carbocycles. The SMILES string of the molecule is O=C(Nc1c(F)cccc1F)c1ccc2c(c1)[C@@H]1[C@H]3CC[C@@H](C3)[C@@H]1[C@@H](c1ccccc1)N2. The average molecular weight is 430 g/mol. The number of halogens is 2. The number of fused-ring (bicyclic) bond motifs is 7.